The van der Waals surface area contributed by atoms with Crippen molar-refractivity contribution in [1.82, 2.24) is 0 Å². The zero-order chi connectivity index (χ0) is 12.4. The maximum atomic E-state index is 5.71. The van der Waals surface area contributed by atoms with Crippen LogP contribution in [0.25, 0.3) is 5.76 Å². The molecule has 1 aliphatic rings. The van der Waals surface area contributed by atoms with E-state index in [0.717, 1.165) is 5.76 Å². The fourth-order valence-corrected chi connectivity index (χ4v) is 2.94. The first kappa shape index (κ1) is 12.1. The second-order valence-electron chi connectivity index (χ2n) is 4.00. The molecule has 0 unspecified atom stereocenters. The summed E-state index contributed by atoms with van der Waals surface area (Å²) >= 11 is 4.01. The van der Waals surface area contributed by atoms with Crippen molar-refractivity contribution in [3.8, 4) is 0 Å². The average Bonchev–Trinajstić information content (AvgIpc) is 2.82. The van der Waals surface area contributed by atoms with E-state index in [1.807, 2.05) is 0 Å². The molecule has 0 amide bonds. The zero-order valence-corrected chi connectivity index (χ0v) is 12.6. The van der Waals surface area contributed by atoms with Crippen molar-refractivity contribution >= 4 is 40.1 Å². The summed E-state index contributed by atoms with van der Waals surface area (Å²) in [5.74, 6) is 0.981. The topological polar surface area (TPSA) is 9.23 Å². The third-order valence-electron chi connectivity index (χ3n) is 2.78. The first-order chi connectivity index (χ1) is 8.83. The van der Waals surface area contributed by atoms with Crippen LogP contribution in [0.1, 0.15) is 11.1 Å². The van der Waals surface area contributed by atoms with Crippen molar-refractivity contribution in [1.29, 1.82) is 0 Å². The molecule has 0 aromatic heterocycles. The summed E-state index contributed by atoms with van der Waals surface area (Å²) in [5.41, 5.74) is 2.49. The number of halogens is 1. The van der Waals surface area contributed by atoms with Crippen LogP contribution in [0.5, 0.6) is 0 Å². The molecule has 0 spiro atoms. The monoisotopic (exact) mass is 366 g/mol. The van der Waals surface area contributed by atoms with E-state index in [9.17, 15) is 0 Å². The minimum absolute atomic E-state index is 0.690. The van der Waals surface area contributed by atoms with Gasteiger partial charge in [0.2, 0.25) is 0 Å². The van der Waals surface area contributed by atoms with Gasteiger partial charge in [-0.2, -0.15) is 0 Å². The van der Waals surface area contributed by atoms with Gasteiger partial charge in [-0.1, -0.05) is 36.0 Å². The fraction of sp³-hybridized carbons (Fsp3) is 0.0667. The highest BCUT2D eigenvalue weighted by Crippen LogP contribution is 2.33. The standard InChI is InChI=1S/C15H11IOS/c16-12-5-7-13(8-6-12)18-10-15-14-4-2-1-3-11(14)9-17-15/h1-8,10H,9H2/b15-10-. The van der Waals surface area contributed by atoms with Crippen molar-refractivity contribution in [2.24, 2.45) is 0 Å². The number of rotatable bonds is 2. The van der Waals surface area contributed by atoms with Gasteiger partial charge in [0.15, 0.2) is 0 Å². The highest BCUT2D eigenvalue weighted by atomic mass is 127. The van der Waals surface area contributed by atoms with Gasteiger partial charge < -0.3 is 4.74 Å². The Hall–Kier alpha value is -0.940. The molecule has 0 aliphatic carbocycles. The molecule has 0 saturated heterocycles. The largest absolute Gasteiger partial charge is 0.488 e. The van der Waals surface area contributed by atoms with Crippen LogP contribution in [0.2, 0.25) is 0 Å². The highest BCUT2D eigenvalue weighted by molar-refractivity contribution is 14.1. The van der Waals surface area contributed by atoms with Crippen LogP contribution in [0.3, 0.4) is 0 Å². The molecule has 1 nitrogen and oxygen atoms in total. The minimum Gasteiger partial charge on any atom is -0.488 e. The first-order valence-corrected chi connectivity index (χ1v) is 7.62. The van der Waals surface area contributed by atoms with Crippen molar-refractivity contribution in [3.05, 3.63) is 68.6 Å². The molecule has 3 heteroatoms. The van der Waals surface area contributed by atoms with Crippen LogP contribution in [0.15, 0.2) is 58.8 Å². The van der Waals surface area contributed by atoms with Crippen molar-refractivity contribution < 1.29 is 4.74 Å². The Morgan fingerprint density at radius 3 is 2.67 bits per heavy atom. The van der Waals surface area contributed by atoms with Gasteiger partial charge in [-0.15, -0.1) is 0 Å². The molecule has 90 valence electrons. The third-order valence-corrected chi connectivity index (χ3v) is 4.38. The highest BCUT2D eigenvalue weighted by Gasteiger charge is 2.16. The molecule has 1 aliphatic heterocycles. The van der Waals surface area contributed by atoms with Gasteiger partial charge in [0, 0.05) is 25.0 Å². The van der Waals surface area contributed by atoms with E-state index < -0.39 is 0 Å². The van der Waals surface area contributed by atoms with E-state index in [0.29, 0.717) is 6.61 Å². The molecule has 3 rings (SSSR count). The second-order valence-corrected chi connectivity index (χ2v) is 6.19. The number of ether oxygens (including phenoxy) is 1. The number of fused-ring (bicyclic) bond motifs is 1. The smallest absolute Gasteiger partial charge is 0.134 e. The van der Waals surface area contributed by atoms with E-state index >= 15 is 0 Å². The quantitative estimate of drug-likeness (QED) is 0.552. The van der Waals surface area contributed by atoms with Crippen LogP contribution < -0.4 is 0 Å². The number of thioether (sulfide) groups is 1. The van der Waals surface area contributed by atoms with Gasteiger partial charge in [-0.25, -0.2) is 0 Å². The second kappa shape index (κ2) is 5.36. The van der Waals surface area contributed by atoms with Crippen LogP contribution in [-0.4, -0.2) is 0 Å². The van der Waals surface area contributed by atoms with Gasteiger partial charge in [0.25, 0.3) is 0 Å². The molecule has 2 aromatic carbocycles. The lowest BCUT2D eigenvalue weighted by Gasteiger charge is -2.00. The Labute approximate surface area is 124 Å². The van der Waals surface area contributed by atoms with Crippen molar-refractivity contribution in [3.63, 3.8) is 0 Å². The molecule has 1 heterocycles. The Morgan fingerprint density at radius 1 is 1.06 bits per heavy atom. The molecule has 0 radical (unpaired) electrons. The summed E-state index contributed by atoms with van der Waals surface area (Å²) in [6.45, 7) is 0.690. The molecule has 2 aromatic rings. The number of benzene rings is 2. The molecule has 18 heavy (non-hydrogen) atoms. The Balaban J connectivity index is 1.80. The molecular formula is C15H11IOS. The normalized spacial score (nSPS) is 15.5. The van der Waals surface area contributed by atoms with Gasteiger partial charge in [-0.3, -0.25) is 0 Å². The predicted octanol–water partition coefficient (Wildman–Crippen LogP) is 4.91. The Bertz CT molecular complexity index is 590. The van der Waals surface area contributed by atoms with E-state index in [1.165, 1.54) is 19.6 Å². The number of hydrogen-bond acceptors (Lipinski definition) is 2. The fourth-order valence-electron chi connectivity index (χ4n) is 1.85. The molecule has 0 bridgehead atoms. The lowest BCUT2D eigenvalue weighted by molar-refractivity contribution is 0.286. The summed E-state index contributed by atoms with van der Waals surface area (Å²) in [6.07, 6.45) is 0. The van der Waals surface area contributed by atoms with Crippen LogP contribution in [0, 0.1) is 3.57 Å². The van der Waals surface area contributed by atoms with Crippen molar-refractivity contribution in [2.75, 3.05) is 0 Å². The van der Waals surface area contributed by atoms with Gasteiger partial charge in [0.05, 0.1) is 0 Å². The average molecular weight is 366 g/mol. The zero-order valence-electron chi connectivity index (χ0n) is 9.60. The summed E-state index contributed by atoms with van der Waals surface area (Å²) in [5, 5.41) is 2.09. The lowest BCUT2D eigenvalue weighted by Crippen LogP contribution is -1.78. The third kappa shape index (κ3) is 2.57. The Kier molecular flexibility index (Phi) is 3.61. The maximum absolute atomic E-state index is 5.71. The van der Waals surface area contributed by atoms with Crippen LogP contribution in [0.4, 0.5) is 0 Å². The van der Waals surface area contributed by atoms with E-state index in [-0.39, 0.29) is 0 Å². The first-order valence-electron chi connectivity index (χ1n) is 5.66. The summed E-state index contributed by atoms with van der Waals surface area (Å²) in [4.78, 5) is 1.23. The molecule has 0 saturated carbocycles. The minimum atomic E-state index is 0.690. The maximum Gasteiger partial charge on any atom is 0.134 e. The predicted molar refractivity (Wildman–Crippen MR) is 84.2 cm³/mol. The van der Waals surface area contributed by atoms with E-state index in [2.05, 4.69) is 76.5 Å². The molecule has 0 atom stereocenters. The van der Waals surface area contributed by atoms with Gasteiger partial charge >= 0.3 is 0 Å². The van der Waals surface area contributed by atoms with Crippen LogP contribution in [-0.2, 0) is 11.3 Å². The SMILES string of the molecule is Ic1ccc(S/C=C2\OCc3ccccc32)cc1. The summed E-state index contributed by atoms with van der Waals surface area (Å²) in [7, 11) is 0. The summed E-state index contributed by atoms with van der Waals surface area (Å²) < 4.78 is 6.96. The van der Waals surface area contributed by atoms with Gasteiger partial charge in [-0.05, 0) is 46.9 Å². The van der Waals surface area contributed by atoms with E-state index in [1.54, 1.807) is 11.8 Å². The van der Waals surface area contributed by atoms with E-state index in [4.69, 9.17) is 4.74 Å². The molecular weight excluding hydrogens is 355 g/mol. The van der Waals surface area contributed by atoms with Crippen molar-refractivity contribution in [2.45, 2.75) is 11.5 Å². The van der Waals surface area contributed by atoms with Crippen LogP contribution >= 0.6 is 34.4 Å². The molecule has 0 N–H and O–H groups in total. The number of hydrogen-bond donors (Lipinski definition) is 0. The summed E-state index contributed by atoms with van der Waals surface area (Å²) in [6, 6.07) is 16.8. The van der Waals surface area contributed by atoms with Gasteiger partial charge in [0.1, 0.15) is 12.4 Å². The molecule has 0 fully saturated rings. The lowest BCUT2D eigenvalue weighted by atomic mass is 10.1. The Morgan fingerprint density at radius 2 is 1.83 bits per heavy atom.